The van der Waals surface area contributed by atoms with Gasteiger partial charge >= 0.3 is 0 Å². The number of aromatic nitrogens is 2. The van der Waals surface area contributed by atoms with Crippen LogP contribution >= 0.6 is 35.3 Å². The van der Waals surface area contributed by atoms with E-state index in [9.17, 15) is 4.79 Å². The monoisotopic (exact) mass is 496 g/mol. The van der Waals surface area contributed by atoms with Crippen LogP contribution in [0, 0.1) is 0 Å². The summed E-state index contributed by atoms with van der Waals surface area (Å²) in [7, 11) is 1.73. The van der Waals surface area contributed by atoms with Crippen molar-refractivity contribution >= 4 is 57.8 Å². The maximum atomic E-state index is 12.3. The molecule has 3 aromatic rings. The zero-order valence-electron chi connectivity index (χ0n) is 14.8. The van der Waals surface area contributed by atoms with E-state index in [0.29, 0.717) is 25.5 Å². The quantitative estimate of drug-likeness (QED) is 0.331. The van der Waals surface area contributed by atoms with E-state index < -0.39 is 0 Å². The summed E-state index contributed by atoms with van der Waals surface area (Å²) in [5.74, 6) is 0.799. The highest BCUT2D eigenvalue weighted by molar-refractivity contribution is 14.0. The number of carbonyl (C=O) groups is 1. The van der Waals surface area contributed by atoms with Crippen LogP contribution in [0.2, 0.25) is 0 Å². The van der Waals surface area contributed by atoms with Gasteiger partial charge in [0.1, 0.15) is 0 Å². The molecular formula is C18H21IN6OS. The zero-order chi connectivity index (χ0) is 17.9. The Morgan fingerprint density at radius 3 is 2.93 bits per heavy atom. The van der Waals surface area contributed by atoms with Gasteiger partial charge < -0.3 is 15.5 Å². The third-order valence-electron chi connectivity index (χ3n) is 4.34. The first-order valence-corrected chi connectivity index (χ1v) is 9.34. The lowest BCUT2D eigenvalue weighted by molar-refractivity contribution is -0.117. The summed E-state index contributed by atoms with van der Waals surface area (Å²) in [6.45, 7) is 1.21. The van der Waals surface area contributed by atoms with Crippen molar-refractivity contribution in [1.29, 1.82) is 0 Å². The van der Waals surface area contributed by atoms with Gasteiger partial charge in [-0.25, -0.2) is 4.98 Å². The van der Waals surface area contributed by atoms with E-state index in [0.717, 1.165) is 16.3 Å². The number of halogens is 1. The molecule has 1 amide bonds. The van der Waals surface area contributed by atoms with E-state index >= 15 is 0 Å². The largest absolute Gasteiger partial charge is 0.351 e. The molecule has 1 aliphatic heterocycles. The summed E-state index contributed by atoms with van der Waals surface area (Å²) in [5.41, 5.74) is 1.89. The predicted molar refractivity (Wildman–Crippen MR) is 119 cm³/mol. The number of hydrogen-bond donors (Lipinski definition) is 2. The van der Waals surface area contributed by atoms with Crippen molar-refractivity contribution < 1.29 is 4.79 Å². The van der Waals surface area contributed by atoms with Crippen molar-refractivity contribution in [2.45, 2.75) is 19.0 Å². The second kappa shape index (κ2) is 8.70. The molecule has 1 aliphatic rings. The Kier molecular flexibility index (Phi) is 6.32. The van der Waals surface area contributed by atoms with Gasteiger partial charge in [-0.2, -0.15) is 0 Å². The van der Waals surface area contributed by atoms with E-state index in [2.05, 4.69) is 20.6 Å². The number of thiazole rings is 1. The molecule has 1 atom stereocenters. The van der Waals surface area contributed by atoms with Crippen LogP contribution in [0.3, 0.4) is 0 Å². The Labute approximate surface area is 178 Å². The highest BCUT2D eigenvalue weighted by Crippen LogP contribution is 2.21. The fraction of sp³-hybridized carbons (Fsp3) is 0.278. The van der Waals surface area contributed by atoms with E-state index in [4.69, 9.17) is 0 Å². The first-order valence-electron chi connectivity index (χ1n) is 8.46. The second-order valence-electron chi connectivity index (χ2n) is 6.14. The van der Waals surface area contributed by atoms with E-state index in [1.165, 1.54) is 0 Å². The minimum absolute atomic E-state index is 0. The molecule has 9 heteroatoms. The molecule has 142 valence electrons. The third kappa shape index (κ3) is 4.41. The third-order valence-corrected chi connectivity index (χ3v) is 5.11. The van der Waals surface area contributed by atoms with Crippen LogP contribution in [0.4, 0.5) is 5.69 Å². The van der Waals surface area contributed by atoms with Crippen molar-refractivity contribution in [1.82, 2.24) is 20.0 Å². The van der Waals surface area contributed by atoms with E-state index in [1.807, 2.05) is 57.4 Å². The lowest BCUT2D eigenvalue weighted by Gasteiger charge is -2.18. The van der Waals surface area contributed by atoms with Crippen molar-refractivity contribution in [2.24, 2.45) is 4.99 Å². The number of benzene rings is 1. The fourth-order valence-electron chi connectivity index (χ4n) is 3.09. The number of guanidine groups is 1. The molecule has 4 rings (SSSR count). The number of amides is 1. The second-order valence-corrected chi connectivity index (χ2v) is 7.01. The van der Waals surface area contributed by atoms with Crippen LogP contribution in [-0.4, -0.2) is 40.9 Å². The van der Waals surface area contributed by atoms with Crippen LogP contribution < -0.4 is 15.5 Å². The number of hydrogen-bond acceptors (Lipinski definition) is 4. The molecule has 0 radical (unpaired) electrons. The first kappa shape index (κ1) is 19.6. The van der Waals surface area contributed by atoms with Crippen LogP contribution in [0.15, 0.2) is 53.1 Å². The maximum Gasteiger partial charge on any atom is 0.229 e. The molecule has 0 bridgehead atoms. The number of carbonyl (C=O) groups excluding carboxylic acids is 1. The van der Waals surface area contributed by atoms with E-state index in [1.54, 1.807) is 18.4 Å². The van der Waals surface area contributed by atoms with Crippen molar-refractivity contribution in [3.63, 3.8) is 0 Å². The van der Waals surface area contributed by atoms with Crippen LogP contribution in [-0.2, 0) is 11.3 Å². The summed E-state index contributed by atoms with van der Waals surface area (Å²) in [5, 5.41) is 8.62. The summed E-state index contributed by atoms with van der Waals surface area (Å²) in [6.07, 6.45) is 4.45. The Morgan fingerprint density at radius 1 is 1.37 bits per heavy atom. The van der Waals surface area contributed by atoms with E-state index in [-0.39, 0.29) is 35.9 Å². The van der Waals surface area contributed by atoms with Gasteiger partial charge in [-0.1, -0.05) is 18.2 Å². The summed E-state index contributed by atoms with van der Waals surface area (Å²) >= 11 is 1.61. The first-order chi connectivity index (χ1) is 12.7. The Morgan fingerprint density at radius 2 is 2.19 bits per heavy atom. The minimum atomic E-state index is 0. The minimum Gasteiger partial charge on any atom is -0.351 e. The standard InChI is InChI=1S/C18H20N6OS.HI/c1-19-17(20-10-14-11-23-7-8-26-18(23)22-14)21-13-9-16(25)24(12-13)15-5-3-2-4-6-15;/h2-8,11,13H,9-10,12H2,1H3,(H2,19,20,21);1H. The Hall–Kier alpha value is -2.14. The van der Waals surface area contributed by atoms with Crippen molar-refractivity contribution in [2.75, 3.05) is 18.5 Å². The summed E-state index contributed by atoms with van der Waals surface area (Å²) in [6, 6.07) is 9.78. The number of imidazole rings is 1. The maximum absolute atomic E-state index is 12.3. The number of fused-ring (bicyclic) bond motifs is 1. The molecule has 7 nitrogen and oxygen atoms in total. The normalized spacial score (nSPS) is 17.2. The van der Waals surface area contributed by atoms with Crippen molar-refractivity contribution in [3.05, 3.63) is 53.8 Å². The molecule has 1 fully saturated rings. The molecule has 1 aromatic carbocycles. The van der Waals surface area contributed by atoms with Gasteiger partial charge in [0.25, 0.3) is 0 Å². The predicted octanol–water partition coefficient (Wildman–Crippen LogP) is 2.48. The molecule has 1 saturated heterocycles. The van der Waals surface area contributed by atoms with Crippen LogP contribution in [0.25, 0.3) is 4.96 Å². The van der Waals surface area contributed by atoms with Crippen LogP contribution in [0.1, 0.15) is 12.1 Å². The molecule has 27 heavy (non-hydrogen) atoms. The molecule has 1 unspecified atom stereocenters. The Balaban J connectivity index is 0.00000210. The van der Waals surface area contributed by atoms with Crippen molar-refractivity contribution in [3.8, 4) is 0 Å². The van der Waals surface area contributed by atoms with Gasteiger partial charge in [-0.3, -0.25) is 14.2 Å². The number of aliphatic imine (C=N–C) groups is 1. The van der Waals surface area contributed by atoms with Gasteiger partial charge in [0.05, 0.1) is 18.3 Å². The molecular weight excluding hydrogens is 475 g/mol. The highest BCUT2D eigenvalue weighted by Gasteiger charge is 2.31. The topological polar surface area (TPSA) is 74.0 Å². The molecule has 3 heterocycles. The smallest absolute Gasteiger partial charge is 0.229 e. The number of rotatable bonds is 4. The molecule has 0 spiro atoms. The zero-order valence-corrected chi connectivity index (χ0v) is 18.0. The van der Waals surface area contributed by atoms with Gasteiger partial charge in [0.2, 0.25) is 5.91 Å². The van der Waals surface area contributed by atoms with Gasteiger partial charge in [-0.15, -0.1) is 35.3 Å². The molecule has 2 aromatic heterocycles. The SMILES string of the molecule is CN=C(NCc1cn2ccsc2n1)NC1CC(=O)N(c2ccccc2)C1.I. The molecule has 0 saturated carbocycles. The highest BCUT2D eigenvalue weighted by atomic mass is 127. The summed E-state index contributed by atoms with van der Waals surface area (Å²) in [4.78, 5) is 23.9. The number of nitrogens with one attached hydrogen (secondary N) is 2. The molecule has 2 N–H and O–H groups in total. The number of para-hydroxylation sites is 1. The average Bonchev–Trinajstić information content (AvgIpc) is 3.34. The fourth-order valence-corrected chi connectivity index (χ4v) is 3.80. The van der Waals surface area contributed by atoms with Crippen LogP contribution in [0.5, 0.6) is 0 Å². The number of nitrogens with zero attached hydrogens (tertiary/aromatic N) is 4. The average molecular weight is 496 g/mol. The Bertz CT molecular complexity index is 909. The number of anilines is 1. The van der Waals surface area contributed by atoms with Gasteiger partial charge in [0, 0.05) is 43.5 Å². The molecule has 0 aliphatic carbocycles. The summed E-state index contributed by atoms with van der Waals surface area (Å²) < 4.78 is 2.01. The lowest BCUT2D eigenvalue weighted by Crippen LogP contribution is -2.44. The lowest BCUT2D eigenvalue weighted by atomic mass is 10.2. The van der Waals surface area contributed by atoms with Gasteiger partial charge in [0.15, 0.2) is 10.9 Å². The van der Waals surface area contributed by atoms with Gasteiger partial charge in [-0.05, 0) is 12.1 Å².